The van der Waals surface area contributed by atoms with Gasteiger partial charge in [-0.3, -0.25) is 9.71 Å². The number of thiocarbonyl (C=S) groups is 1. The van der Waals surface area contributed by atoms with Crippen LogP contribution in [0.3, 0.4) is 0 Å². The summed E-state index contributed by atoms with van der Waals surface area (Å²) in [7, 11) is -2.07. The van der Waals surface area contributed by atoms with Gasteiger partial charge in [0.15, 0.2) is 5.11 Å². The number of phenols is 1. The molecule has 0 bridgehead atoms. The van der Waals surface area contributed by atoms with Crippen molar-refractivity contribution >= 4 is 38.7 Å². The number of aryl methyl sites for hydroxylation is 1. The molecule has 1 saturated heterocycles. The van der Waals surface area contributed by atoms with E-state index in [1.807, 2.05) is 48.2 Å². The van der Waals surface area contributed by atoms with Gasteiger partial charge in [0.2, 0.25) is 10.0 Å². The standard InChI is InChI=1S/C28H29N5O4S2/c1-17-15-22(18(2)32(17)19-8-11-21(34)12-9-19)27-26(23-7-5-6-14-29-23)30-28(38)33(27)20-10-13-25(37-3)24(16-20)31-39(4,35)36/h5-16,26-27,31,34H,1-4H3,(H,30,38)/t26-,27-/m1/s1. The number of anilines is 2. The Hall–Kier alpha value is -4.09. The number of methoxy groups -OCH3 is 1. The molecule has 9 nitrogen and oxygen atoms in total. The summed E-state index contributed by atoms with van der Waals surface area (Å²) >= 11 is 5.86. The predicted molar refractivity (Wildman–Crippen MR) is 156 cm³/mol. The summed E-state index contributed by atoms with van der Waals surface area (Å²) in [5, 5.41) is 13.7. The predicted octanol–water partition coefficient (Wildman–Crippen LogP) is 4.75. The molecular formula is C28H29N5O4S2. The number of nitrogens with zero attached hydrogens (tertiary/aromatic N) is 3. The van der Waals surface area contributed by atoms with E-state index in [4.69, 9.17) is 17.0 Å². The van der Waals surface area contributed by atoms with Crippen LogP contribution in [-0.4, -0.2) is 41.6 Å². The topological polar surface area (TPSA) is 109 Å². The minimum absolute atomic E-state index is 0.200. The van der Waals surface area contributed by atoms with Crippen molar-refractivity contribution < 1.29 is 18.3 Å². The van der Waals surface area contributed by atoms with E-state index in [2.05, 4.69) is 32.6 Å². The Morgan fingerprint density at radius 1 is 1.05 bits per heavy atom. The minimum atomic E-state index is -3.55. The SMILES string of the molecule is COc1ccc(N2C(=S)N[C@H](c3ccccn3)[C@H]2c2cc(C)n(-c3ccc(O)cc3)c2C)cc1NS(C)(=O)=O. The monoisotopic (exact) mass is 563 g/mol. The summed E-state index contributed by atoms with van der Waals surface area (Å²) in [6, 6.07) is 19.7. The van der Waals surface area contributed by atoms with Crippen molar-refractivity contribution in [2.24, 2.45) is 0 Å². The molecule has 1 fully saturated rings. The Bertz CT molecular complexity index is 1640. The fraction of sp³-hybridized carbons (Fsp3) is 0.214. The molecule has 3 heterocycles. The summed E-state index contributed by atoms with van der Waals surface area (Å²) < 4.78 is 34.3. The van der Waals surface area contributed by atoms with Crippen molar-refractivity contribution in [1.29, 1.82) is 0 Å². The van der Waals surface area contributed by atoms with Gasteiger partial charge >= 0.3 is 0 Å². The van der Waals surface area contributed by atoms with Gasteiger partial charge in [-0.05, 0) is 92.3 Å². The van der Waals surface area contributed by atoms with Crippen LogP contribution >= 0.6 is 12.2 Å². The molecule has 3 N–H and O–H groups in total. The van der Waals surface area contributed by atoms with Crippen LogP contribution in [-0.2, 0) is 10.0 Å². The molecule has 0 radical (unpaired) electrons. The number of ether oxygens (including phenoxy) is 1. The van der Waals surface area contributed by atoms with Crippen LogP contribution in [0, 0.1) is 13.8 Å². The molecule has 0 unspecified atom stereocenters. The van der Waals surface area contributed by atoms with E-state index in [1.54, 1.807) is 30.5 Å². The van der Waals surface area contributed by atoms with Gasteiger partial charge in [0.1, 0.15) is 11.5 Å². The van der Waals surface area contributed by atoms with Crippen molar-refractivity contribution in [2.45, 2.75) is 25.9 Å². The lowest BCUT2D eigenvalue weighted by atomic mass is 9.96. The minimum Gasteiger partial charge on any atom is -0.508 e. The van der Waals surface area contributed by atoms with E-state index in [-0.39, 0.29) is 17.8 Å². The van der Waals surface area contributed by atoms with Gasteiger partial charge in [-0.1, -0.05) is 6.07 Å². The molecule has 2 aromatic heterocycles. The van der Waals surface area contributed by atoms with Gasteiger partial charge in [0.05, 0.1) is 36.8 Å². The number of hydrogen-bond acceptors (Lipinski definition) is 6. The van der Waals surface area contributed by atoms with E-state index in [0.29, 0.717) is 22.2 Å². The normalized spacial score (nSPS) is 17.2. The summed E-state index contributed by atoms with van der Waals surface area (Å²) in [5.41, 5.74) is 5.80. The molecule has 0 amide bonds. The Morgan fingerprint density at radius 2 is 1.77 bits per heavy atom. The number of aromatic hydroxyl groups is 1. The van der Waals surface area contributed by atoms with Crippen LogP contribution in [0.25, 0.3) is 5.69 Å². The molecule has 0 saturated carbocycles. The first-order valence-electron chi connectivity index (χ1n) is 12.2. The molecule has 39 heavy (non-hydrogen) atoms. The molecule has 0 spiro atoms. The maximum Gasteiger partial charge on any atom is 0.229 e. The Balaban J connectivity index is 1.68. The smallest absolute Gasteiger partial charge is 0.229 e. The van der Waals surface area contributed by atoms with Gasteiger partial charge in [-0.15, -0.1) is 0 Å². The summed E-state index contributed by atoms with van der Waals surface area (Å²) in [6.45, 7) is 4.08. The molecular weight excluding hydrogens is 534 g/mol. The highest BCUT2D eigenvalue weighted by Gasteiger charge is 2.42. The average molecular weight is 564 g/mol. The molecule has 1 aliphatic heterocycles. The van der Waals surface area contributed by atoms with Crippen molar-refractivity contribution in [3.8, 4) is 17.2 Å². The number of aromatic nitrogens is 2. The zero-order chi connectivity index (χ0) is 27.9. The fourth-order valence-corrected chi connectivity index (χ4v) is 6.07. The number of nitrogens with one attached hydrogen (secondary N) is 2. The third-order valence-electron chi connectivity index (χ3n) is 6.75. The van der Waals surface area contributed by atoms with Gasteiger partial charge in [-0.25, -0.2) is 8.42 Å². The molecule has 0 aliphatic carbocycles. The molecule has 4 aromatic rings. The van der Waals surface area contributed by atoms with Gasteiger partial charge < -0.3 is 24.6 Å². The van der Waals surface area contributed by atoms with Crippen molar-refractivity contribution in [3.05, 3.63) is 95.6 Å². The molecule has 202 valence electrons. The number of hydrogen-bond donors (Lipinski definition) is 3. The number of sulfonamides is 1. The largest absolute Gasteiger partial charge is 0.508 e. The average Bonchev–Trinajstić information content (AvgIpc) is 3.39. The Kier molecular flexibility index (Phi) is 6.96. The molecule has 2 aromatic carbocycles. The van der Waals surface area contributed by atoms with Crippen LogP contribution < -0.4 is 19.7 Å². The molecule has 1 aliphatic rings. The van der Waals surface area contributed by atoms with E-state index in [0.717, 1.165) is 34.6 Å². The highest BCUT2D eigenvalue weighted by molar-refractivity contribution is 7.92. The zero-order valence-electron chi connectivity index (χ0n) is 21.9. The lowest BCUT2D eigenvalue weighted by Crippen LogP contribution is -2.29. The highest BCUT2D eigenvalue weighted by Crippen LogP contribution is 2.45. The van der Waals surface area contributed by atoms with Crippen molar-refractivity contribution in [1.82, 2.24) is 14.9 Å². The number of phenolic OH excluding ortho intramolecular Hbond substituents is 1. The maximum absolute atomic E-state index is 12.1. The Labute approximate surface area is 233 Å². The summed E-state index contributed by atoms with van der Waals surface area (Å²) in [5.74, 6) is 0.594. The first-order valence-corrected chi connectivity index (χ1v) is 14.5. The van der Waals surface area contributed by atoms with Crippen LogP contribution in [0.5, 0.6) is 11.5 Å². The maximum atomic E-state index is 12.1. The van der Waals surface area contributed by atoms with Crippen LogP contribution in [0.1, 0.15) is 34.7 Å². The lowest BCUT2D eigenvalue weighted by molar-refractivity contribution is 0.417. The van der Waals surface area contributed by atoms with Crippen molar-refractivity contribution in [2.75, 3.05) is 23.0 Å². The lowest BCUT2D eigenvalue weighted by Gasteiger charge is -2.29. The van der Waals surface area contributed by atoms with Gasteiger partial charge in [-0.2, -0.15) is 0 Å². The molecule has 5 rings (SSSR count). The van der Waals surface area contributed by atoms with Crippen LogP contribution in [0.15, 0.2) is 72.9 Å². The van der Waals surface area contributed by atoms with E-state index >= 15 is 0 Å². The van der Waals surface area contributed by atoms with E-state index in [9.17, 15) is 13.5 Å². The quantitative estimate of drug-likeness (QED) is 0.277. The number of pyridine rings is 1. The second-order valence-electron chi connectivity index (χ2n) is 9.43. The second kappa shape index (κ2) is 10.2. The second-order valence-corrected chi connectivity index (χ2v) is 11.6. The Morgan fingerprint density at radius 3 is 2.41 bits per heavy atom. The first-order chi connectivity index (χ1) is 18.6. The van der Waals surface area contributed by atoms with Crippen LogP contribution in [0.4, 0.5) is 11.4 Å². The highest BCUT2D eigenvalue weighted by atomic mass is 32.2. The summed E-state index contributed by atoms with van der Waals surface area (Å²) in [6.07, 6.45) is 2.85. The number of benzene rings is 2. The van der Waals surface area contributed by atoms with Crippen molar-refractivity contribution in [3.63, 3.8) is 0 Å². The zero-order valence-corrected chi connectivity index (χ0v) is 23.5. The van der Waals surface area contributed by atoms with Crippen LogP contribution in [0.2, 0.25) is 0 Å². The first kappa shape index (κ1) is 26.5. The molecule has 2 atom stereocenters. The third-order valence-corrected chi connectivity index (χ3v) is 7.66. The fourth-order valence-electron chi connectivity index (χ4n) is 5.16. The van der Waals surface area contributed by atoms with E-state index in [1.165, 1.54) is 7.11 Å². The number of rotatable bonds is 7. The van der Waals surface area contributed by atoms with Gasteiger partial charge in [0, 0.05) is 29.0 Å². The third kappa shape index (κ3) is 5.15. The van der Waals surface area contributed by atoms with E-state index < -0.39 is 10.0 Å². The summed E-state index contributed by atoms with van der Waals surface area (Å²) in [4.78, 5) is 6.61. The molecule has 11 heteroatoms. The van der Waals surface area contributed by atoms with Gasteiger partial charge in [0.25, 0.3) is 0 Å².